The molecule has 0 fully saturated rings. The fraction of sp³-hybridized carbons (Fsp3) is 0.385. The number of nitrogens with one attached hydrogen (secondary N) is 1. The molecule has 0 aliphatic carbocycles. The first-order valence-corrected chi connectivity index (χ1v) is 7.72. The van der Waals surface area contributed by atoms with E-state index in [0.29, 0.717) is 12.5 Å². The predicted octanol–water partition coefficient (Wildman–Crippen LogP) is 1.06. The Labute approximate surface area is 107 Å². The van der Waals surface area contributed by atoms with E-state index in [-0.39, 0.29) is 11.8 Å². The Hall–Kier alpha value is -1.33. The number of rotatable bonds is 3. The highest BCUT2D eigenvalue weighted by Gasteiger charge is 2.26. The van der Waals surface area contributed by atoms with Crippen LogP contribution in [0.25, 0.3) is 0 Å². The number of hydrogen-bond donors (Lipinski definition) is 1. The minimum atomic E-state index is -2.98. The van der Waals surface area contributed by atoms with Gasteiger partial charge in [-0.05, 0) is 6.07 Å². The Bertz CT molecular complexity index is 580. The highest BCUT2D eigenvalue weighted by molar-refractivity contribution is 7.94. The van der Waals surface area contributed by atoms with Crippen molar-refractivity contribution in [1.29, 1.82) is 0 Å². The minimum absolute atomic E-state index is 0.0669. The fourth-order valence-corrected chi connectivity index (χ4v) is 3.66. The number of hydrogen-bond acceptors (Lipinski definition) is 4. The predicted molar refractivity (Wildman–Crippen MR) is 69.4 cm³/mol. The van der Waals surface area contributed by atoms with Gasteiger partial charge in [0.15, 0.2) is 9.84 Å². The average Bonchev–Trinajstić information content (AvgIpc) is 2.90. The lowest BCUT2D eigenvalue weighted by Gasteiger charge is -2.13. The summed E-state index contributed by atoms with van der Waals surface area (Å²) in [5, 5.41) is 4.57. The molecule has 0 saturated heterocycles. The van der Waals surface area contributed by atoms with E-state index in [1.807, 2.05) is 18.2 Å². The van der Waals surface area contributed by atoms with Gasteiger partial charge in [0.1, 0.15) is 5.75 Å². The molecule has 18 heavy (non-hydrogen) atoms. The molecule has 0 aromatic heterocycles. The third-order valence-corrected chi connectivity index (χ3v) is 4.75. The largest absolute Gasteiger partial charge is 0.493 e. The van der Waals surface area contributed by atoms with Crippen molar-refractivity contribution in [3.8, 4) is 5.75 Å². The van der Waals surface area contributed by atoms with Crippen LogP contribution in [0.5, 0.6) is 5.75 Å². The molecular weight excluding hydrogens is 250 g/mol. The number of sulfone groups is 1. The quantitative estimate of drug-likeness (QED) is 0.888. The van der Waals surface area contributed by atoms with Crippen LogP contribution in [-0.2, 0) is 9.84 Å². The number of benzene rings is 1. The third-order valence-electron chi connectivity index (χ3n) is 3.36. The minimum Gasteiger partial charge on any atom is -0.493 e. The Morgan fingerprint density at radius 2 is 2.17 bits per heavy atom. The standard InChI is InChI=1S/C13H15NO3S/c15-18(16)6-5-11(9-18)14-7-10-8-17-13-4-2-1-3-12(10)13/h1-6,10-11,14H,7-9H2. The lowest BCUT2D eigenvalue weighted by atomic mass is 10.0. The van der Waals surface area contributed by atoms with Crippen molar-refractivity contribution in [2.75, 3.05) is 18.9 Å². The van der Waals surface area contributed by atoms with Crippen LogP contribution in [-0.4, -0.2) is 33.4 Å². The zero-order valence-electron chi connectivity index (χ0n) is 9.87. The lowest BCUT2D eigenvalue weighted by molar-refractivity contribution is 0.325. The highest BCUT2D eigenvalue weighted by atomic mass is 32.2. The van der Waals surface area contributed by atoms with E-state index in [1.54, 1.807) is 6.08 Å². The van der Waals surface area contributed by atoms with Crippen molar-refractivity contribution in [3.63, 3.8) is 0 Å². The van der Waals surface area contributed by atoms with E-state index < -0.39 is 9.84 Å². The first-order chi connectivity index (χ1) is 8.64. The molecule has 1 N–H and O–H groups in total. The van der Waals surface area contributed by atoms with Gasteiger partial charge in [0.05, 0.1) is 12.4 Å². The molecule has 2 atom stereocenters. The maximum absolute atomic E-state index is 11.3. The van der Waals surface area contributed by atoms with E-state index in [1.165, 1.54) is 11.0 Å². The van der Waals surface area contributed by atoms with Crippen LogP contribution in [0.3, 0.4) is 0 Å². The van der Waals surface area contributed by atoms with E-state index in [0.717, 1.165) is 12.3 Å². The second kappa shape index (κ2) is 4.40. The molecule has 1 aromatic rings. The summed E-state index contributed by atoms with van der Waals surface area (Å²) in [6.45, 7) is 1.40. The van der Waals surface area contributed by atoms with Crippen molar-refractivity contribution in [3.05, 3.63) is 41.3 Å². The zero-order chi connectivity index (χ0) is 12.6. The van der Waals surface area contributed by atoms with Gasteiger partial charge in [0.25, 0.3) is 0 Å². The summed E-state index contributed by atoms with van der Waals surface area (Å²) in [5.74, 6) is 1.42. The normalized spacial score (nSPS) is 28.0. The van der Waals surface area contributed by atoms with E-state index in [4.69, 9.17) is 4.74 Å². The SMILES string of the molecule is O=S1(=O)C=CC(NCC2COc3ccccc32)C1. The third kappa shape index (κ3) is 2.28. The summed E-state index contributed by atoms with van der Waals surface area (Å²) in [7, 11) is -2.98. The van der Waals surface area contributed by atoms with Crippen LogP contribution in [0.15, 0.2) is 35.7 Å². The lowest BCUT2D eigenvalue weighted by Crippen LogP contribution is -2.33. The van der Waals surface area contributed by atoms with Crippen molar-refractivity contribution in [2.45, 2.75) is 12.0 Å². The molecule has 0 saturated carbocycles. The second-order valence-corrected chi connectivity index (χ2v) is 6.65. The summed E-state index contributed by atoms with van der Waals surface area (Å²) >= 11 is 0. The van der Waals surface area contributed by atoms with Crippen molar-refractivity contribution in [2.24, 2.45) is 0 Å². The van der Waals surface area contributed by atoms with Crippen LogP contribution in [0.4, 0.5) is 0 Å². The molecule has 0 spiro atoms. The average molecular weight is 265 g/mol. The fourth-order valence-electron chi connectivity index (χ4n) is 2.39. The number of fused-ring (bicyclic) bond motifs is 1. The molecule has 2 aliphatic rings. The maximum Gasteiger partial charge on any atom is 0.173 e. The summed E-state index contributed by atoms with van der Waals surface area (Å²) in [6.07, 6.45) is 1.72. The van der Waals surface area contributed by atoms with Crippen LogP contribution < -0.4 is 10.1 Å². The van der Waals surface area contributed by atoms with E-state index >= 15 is 0 Å². The van der Waals surface area contributed by atoms with Crippen LogP contribution in [0.2, 0.25) is 0 Å². The molecular formula is C13H15NO3S. The molecule has 2 aliphatic heterocycles. The van der Waals surface area contributed by atoms with Crippen molar-refractivity contribution < 1.29 is 13.2 Å². The highest BCUT2D eigenvalue weighted by Crippen LogP contribution is 2.32. The smallest absolute Gasteiger partial charge is 0.173 e. The summed E-state index contributed by atoms with van der Waals surface area (Å²) in [5.41, 5.74) is 1.20. The summed E-state index contributed by atoms with van der Waals surface area (Å²) in [4.78, 5) is 0. The van der Waals surface area contributed by atoms with Gasteiger partial charge in [-0.3, -0.25) is 0 Å². The van der Waals surface area contributed by atoms with Gasteiger partial charge in [0.2, 0.25) is 0 Å². The van der Waals surface area contributed by atoms with Gasteiger partial charge < -0.3 is 10.1 Å². The van der Waals surface area contributed by atoms with Crippen molar-refractivity contribution in [1.82, 2.24) is 5.32 Å². The molecule has 0 radical (unpaired) electrons. The van der Waals surface area contributed by atoms with Crippen LogP contribution >= 0.6 is 0 Å². The number of ether oxygens (including phenoxy) is 1. The van der Waals surface area contributed by atoms with E-state index in [9.17, 15) is 8.42 Å². The Morgan fingerprint density at radius 3 is 2.94 bits per heavy atom. The first-order valence-electron chi connectivity index (χ1n) is 6.00. The monoisotopic (exact) mass is 265 g/mol. The molecule has 2 heterocycles. The van der Waals surface area contributed by atoms with Crippen LogP contribution in [0.1, 0.15) is 11.5 Å². The second-order valence-electron chi connectivity index (χ2n) is 4.72. The summed E-state index contributed by atoms with van der Waals surface area (Å²) < 4.78 is 28.2. The first kappa shape index (κ1) is 11.7. The Kier molecular flexibility index (Phi) is 2.87. The molecule has 1 aromatic carbocycles. The van der Waals surface area contributed by atoms with Crippen molar-refractivity contribution >= 4 is 9.84 Å². The molecule has 96 valence electrons. The van der Waals surface area contributed by atoms with Gasteiger partial charge in [-0.1, -0.05) is 24.3 Å². The number of para-hydroxylation sites is 1. The van der Waals surface area contributed by atoms with Crippen LogP contribution in [0, 0.1) is 0 Å². The Balaban J connectivity index is 1.61. The zero-order valence-corrected chi connectivity index (χ0v) is 10.7. The molecule has 0 bridgehead atoms. The molecule has 2 unspecified atom stereocenters. The molecule has 5 heteroatoms. The van der Waals surface area contributed by atoms with Gasteiger partial charge >= 0.3 is 0 Å². The topological polar surface area (TPSA) is 55.4 Å². The van der Waals surface area contributed by atoms with Gasteiger partial charge in [0, 0.05) is 29.5 Å². The molecule has 0 amide bonds. The van der Waals surface area contributed by atoms with Gasteiger partial charge in [-0.25, -0.2) is 8.42 Å². The molecule has 3 rings (SSSR count). The van der Waals surface area contributed by atoms with Gasteiger partial charge in [-0.2, -0.15) is 0 Å². The summed E-state index contributed by atoms with van der Waals surface area (Å²) in [6, 6.07) is 7.93. The molecule has 4 nitrogen and oxygen atoms in total. The van der Waals surface area contributed by atoms with Gasteiger partial charge in [-0.15, -0.1) is 0 Å². The maximum atomic E-state index is 11.3. The Morgan fingerprint density at radius 1 is 1.33 bits per heavy atom. The van der Waals surface area contributed by atoms with E-state index in [2.05, 4.69) is 11.4 Å².